The van der Waals surface area contributed by atoms with Crippen LogP contribution < -0.4 is 5.32 Å². The first-order valence-corrected chi connectivity index (χ1v) is 6.73. The molecule has 0 fully saturated rings. The normalized spacial score (nSPS) is 10.3. The van der Waals surface area contributed by atoms with Gasteiger partial charge in [0.05, 0.1) is 12.8 Å². The van der Waals surface area contributed by atoms with Gasteiger partial charge in [-0.1, -0.05) is 0 Å². The fourth-order valence-corrected chi connectivity index (χ4v) is 1.88. The third-order valence-corrected chi connectivity index (χ3v) is 3.01. The highest BCUT2D eigenvalue weighted by Gasteiger charge is 2.08. The lowest BCUT2D eigenvalue weighted by Gasteiger charge is -2.03. The van der Waals surface area contributed by atoms with E-state index < -0.39 is 0 Å². The van der Waals surface area contributed by atoms with E-state index in [1.807, 2.05) is 0 Å². The second-order valence-corrected chi connectivity index (χ2v) is 4.64. The number of amides is 1. The molecule has 4 nitrogen and oxygen atoms in total. The van der Waals surface area contributed by atoms with Crippen molar-refractivity contribution in [2.24, 2.45) is 0 Å². The lowest BCUT2D eigenvalue weighted by atomic mass is 10.1. The highest BCUT2D eigenvalue weighted by Crippen LogP contribution is 2.08. The number of carbonyl (C=O) groups is 2. The van der Waals surface area contributed by atoms with Gasteiger partial charge >= 0.3 is 0 Å². The summed E-state index contributed by atoms with van der Waals surface area (Å²) >= 11 is 0. The summed E-state index contributed by atoms with van der Waals surface area (Å²) < 4.78 is 17.8. The predicted molar refractivity (Wildman–Crippen MR) is 75.1 cm³/mol. The van der Waals surface area contributed by atoms with E-state index in [4.69, 9.17) is 4.42 Å². The van der Waals surface area contributed by atoms with Gasteiger partial charge in [-0.3, -0.25) is 9.59 Å². The van der Waals surface area contributed by atoms with E-state index in [0.29, 0.717) is 24.3 Å². The molecule has 0 aliphatic heterocycles. The molecule has 5 heteroatoms. The zero-order valence-corrected chi connectivity index (χ0v) is 11.5. The van der Waals surface area contributed by atoms with Gasteiger partial charge in [0.2, 0.25) is 5.91 Å². The Labute approximate surface area is 122 Å². The summed E-state index contributed by atoms with van der Waals surface area (Å²) in [5, 5.41) is 2.71. The maximum Gasteiger partial charge on any atom is 0.220 e. The number of hydrogen-bond donors (Lipinski definition) is 1. The van der Waals surface area contributed by atoms with Crippen molar-refractivity contribution in [3.05, 3.63) is 59.8 Å². The molecule has 0 atom stereocenters. The molecule has 1 aromatic carbocycles. The van der Waals surface area contributed by atoms with Crippen molar-refractivity contribution in [1.29, 1.82) is 0 Å². The van der Waals surface area contributed by atoms with Gasteiger partial charge in [-0.15, -0.1) is 0 Å². The van der Waals surface area contributed by atoms with E-state index in [1.54, 1.807) is 18.4 Å². The molecule has 2 rings (SSSR count). The van der Waals surface area contributed by atoms with Gasteiger partial charge in [-0.25, -0.2) is 4.39 Å². The average molecular weight is 289 g/mol. The Morgan fingerprint density at radius 3 is 2.52 bits per heavy atom. The molecular weight excluding hydrogens is 273 g/mol. The standard InChI is InChI=1S/C16H16FNO3/c17-13-8-6-12(7-9-13)15(19)4-1-5-16(20)18-11-14-3-2-10-21-14/h2-3,6-10H,1,4-5,11H2,(H,18,20). The summed E-state index contributed by atoms with van der Waals surface area (Å²) in [5.74, 6) is 0.0988. The summed E-state index contributed by atoms with van der Waals surface area (Å²) in [4.78, 5) is 23.4. The van der Waals surface area contributed by atoms with Crippen LogP contribution in [0.5, 0.6) is 0 Å². The molecule has 0 saturated heterocycles. The van der Waals surface area contributed by atoms with Crippen molar-refractivity contribution in [3.63, 3.8) is 0 Å². The van der Waals surface area contributed by atoms with Gasteiger partial charge in [-0.05, 0) is 42.8 Å². The summed E-state index contributed by atoms with van der Waals surface area (Å²) in [5.41, 5.74) is 0.465. The quantitative estimate of drug-likeness (QED) is 0.797. The first kappa shape index (κ1) is 15.0. The minimum atomic E-state index is -0.371. The van der Waals surface area contributed by atoms with Crippen molar-refractivity contribution in [2.75, 3.05) is 0 Å². The molecule has 1 aromatic heterocycles. The first-order valence-electron chi connectivity index (χ1n) is 6.73. The molecule has 0 unspecified atom stereocenters. The van der Waals surface area contributed by atoms with E-state index in [1.165, 1.54) is 24.3 Å². The first-order chi connectivity index (χ1) is 10.1. The number of ketones is 1. The monoisotopic (exact) mass is 289 g/mol. The number of hydrogen-bond acceptors (Lipinski definition) is 3. The zero-order valence-electron chi connectivity index (χ0n) is 11.5. The number of Topliss-reactive ketones (excluding diaryl/α,β-unsaturated/α-hetero) is 1. The van der Waals surface area contributed by atoms with Crippen LogP contribution in [0.4, 0.5) is 4.39 Å². The molecule has 0 radical (unpaired) electrons. The number of carbonyl (C=O) groups excluding carboxylic acids is 2. The van der Waals surface area contributed by atoms with E-state index in [0.717, 1.165) is 0 Å². The summed E-state index contributed by atoms with van der Waals surface area (Å²) in [7, 11) is 0. The molecule has 0 spiro atoms. The Morgan fingerprint density at radius 1 is 1.10 bits per heavy atom. The third kappa shape index (κ3) is 4.87. The Kier molecular flexibility index (Phi) is 5.26. The van der Waals surface area contributed by atoms with Crippen LogP contribution in [0.2, 0.25) is 0 Å². The summed E-state index contributed by atoms with van der Waals surface area (Å²) in [6, 6.07) is 8.94. The van der Waals surface area contributed by atoms with Crippen molar-refractivity contribution in [1.82, 2.24) is 5.32 Å². The second kappa shape index (κ2) is 7.38. The second-order valence-electron chi connectivity index (χ2n) is 4.64. The molecule has 1 amide bonds. The van der Waals surface area contributed by atoms with Crippen LogP contribution in [0.3, 0.4) is 0 Å². The molecule has 21 heavy (non-hydrogen) atoms. The number of benzene rings is 1. The Hall–Kier alpha value is -2.43. The smallest absolute Gasteiger partial charge is 0.220 e. The molecule has 2 aromatic rings. The fourth-order valence-electron chi connectivity index (χ4n) is 1.88. The van der Waals surface area contributed by atoms with E-state index >= 15 is 0 Å². The molecule has 0 saturated carbocycles. The lowest BCUT2D eigenvalue weighted by molar-refractivity contribution is -0.121. The van der Waals surface area contributed by atoms with Crippen LogP contribution in [0.1, 0.15) is 35.4 Å². The number of furan rings is 1. The predicted octanol–water partition coefficient (Wildman–Crippen LogP) is 3.09. The number of halogens is 1. The minimum absolute atomic E-state index is 0.0890. The Morgan fingerprint density at radius 2 is 1.86 bits per heavy atom. The fraction of sp³-hybridized carbons (Fsp3) is 0.250. The maximum absolute atomic E-state index is 12.7. The largest absolute Gasteiger partial charge is 0.467 e. The van der Waals surface area contributed by atoms with Crippen LogP contribution in [-0.2, 0) is 11.3 Å². The average Bonchev–Trinajstić information content (AvgIpc) is 2.99. The van der Waals surface area contributed by atoms with E-state index in [9.17, 15) is 14.0 Å². The highest BCUT2D eigenvalue weighted by atomic mass is 19.1. The van der Waals surface area contributed by atoms with Crippen molar-refractivity contribution in [2.45, 2.75) is 25.8 Å². The van der Waals surface area contributed by atoms with Crippen molar-refractivity contribution >= 4 is 11.7 Å². The van der Waals surface area contributed by atoms with Gasteiger partial charge < -0.3 is 9.73 Å². The highest BCUT2D eigenvalue weighted by molar-refractivity contribution is 5.96. The van der Waals surface area contributed by atoms with Gasteiger partial charge in [0.15, 0.2) is 5.78 Å². The van der Waals surface area contributed by atoms with E-state index in [-0.39, 0.29) is 30.3 Å². The van der Waals surface area contributed by atoms with Crippen LogP contribution in [-0.4, -0.2) is 11.7 Å². The molecule has 0 aliphatic carbocycles. The summed E-state index contributed by atoms with van der Waals surface area (Å²) in [6.45, 7) is 0.345. The summed E-state index contributed by atoms with van der Waals surface area (Å²) in [6.07, 6.45) is 2.54. The topological polar surface area (TPSA) is 59.3 Å². The minimum Gasteiger partial charge on any atom is -0.467 e. The Bertz CT molecular complexity index is 590. The van der Waals surface area contributed by atoms with Gasteiger partial charge in [0.25, 0.3) is 0 Å². The van der Waals surface area contributed by atoms with Crippen LogP contribution in [0, 0.1) is 5.82 Å². The molecular formula is C16H16FNO3. The van der Waals surface area contributed by atoms with Gasteiger partial charge in [-0.2, -0.15) is 0 Å². The lowest BCUT2D eigenvalue weighted by Crippen LogP contribution is -2.22. The van der Waals surface area contributed by atoms with Crippen molar-refractivity contribution in [3.8, 4) is 0 Å². The molecule has 0 bridgehead atoms. The van der Waals surface area contributed by atoms with Crippen LogP contribution in [0.15, 0.2) is 47.1 Å². The number of rotatable bonds is 7. The Balaban J connectivity index is 1.67. The van der Waals surface area contributed by atoms with E-state index in [2.05, 4.69) is 5.32 Å². The molecule has 1 heterocycles. The SMILES string of the molecule is O=C(CCCC(=O)c1ccc(F)cc1)NCc1ccco1. The van der Waals surface area contributed by atoms with Gasteiger partial charge in [0, 0.05) is 18.4 Å². The van der Waals surface area contributed by atoms with Crippen molar-refractivity contribution < 1.29 is 18.4 Å². The maximum atomic E-state index is 12.7. The van der Waals surface area contributed by atoms with Gasteiger partial charge in [0.1, 0.15) is 11.6 Å². The molecule has 1 N–H and O–H groups in total. The molecule has 0 aliphatic rings. The van der Waals surface area contributed by atoms with Crippen LogP contribution >= 0.6 is 0 Å². The zero-order chi connectivity index (χ0) is 15.1. The van der Waals surface area contributed by atoms with Crippen LogP contribution in [0.25, 0.3) is 0 Å². The molecule has 110 valence electrons. The third-order valence-electron chi connectivity index (χ3n) is 3.01. The number of nitrogens with one attached hydrogen (secondary N) is 1.